The number of hydrogen-bond donors (Lipinski definition) is 2. The van der Waals surface area contributed by atoms with E-state index in [9.17, 15) is 0 Å². The van der Waals surface area contributed by atoms with E-state index < -0.39 is 0 Å². The summed E-state index contributed by atoms with van der Waals surface area (Å²) in [5.41, 5.74) is 5.61. The molecule has 3 aromatic rings. The quantitative estimate of drug-likeness (QED) is 0.550. The molecule has 0 saturated carbocycles. The predicted molar refractivity (Wildman–Crippen MR) is 75.9 cm³/mol. The lowest BCUT2D eigenvalue weighted by molar-refractivity contribution is 0.559. The summed E-state index contributed by atoms with van der Waals surface area (Å²) in [6.07, 6.45) is 3.67. The first-order valence-corrected chi connectivity index (χ1v) is 6.34. The van der Waals surface area contributed by atoms with Crippen molar-refractivity contribution in [1.29, 1.82) is 0 Å². The molecule has 0 aliphatic rings. The van der Waals surface area contributed by atoms with Gasteiger partial charge < -0.3 is 0 Å². The van der Waals surface area contributed by atoms with Crippen molar-refractivity contribution in [3.05, 3.63) is 66.2 Å². The van der Waals surface area contributed by atoms with Crippen molar-refractivity contribution >= 4 is 0 Å². The Labute approximate surface area is 116 Å². The van der Waals surface area contributed by atoms with Crippen LogP contribution in [0, 0.1) is 0 Å². The van der Waals surface area contributed by atoms with Gasteiger partial charge in [0.05, 0.1) is 17.1 Å². The molecule has 2 aromatic heterocycles. The van der Waals surface area contributed by atoms with Crippen LogP contribution in [0.2, 0.25) is 0 Å². The normalized spacial score (nSPS) is 12.5. The van der Waals surface area contributed by atoms with Crippen molar-refractivity contribution in [2.45, 2.75) is 6.04 Å². The smallest absolute Gasteiger partial charge is 0.107 e. The minimum atomic E-state index is -0.188. The van der Waals surface area contributed by atoms with Gasteiger partial charge >= 0.3 is 0 Å². The molecular weight excluding hydrogens is 252 g/mol. The Bertz CT molecular complexity index is 685. The Morgan fingerprint density at radius 2 is 1.95 bits per heavy atom. The highest BCUT2D eigenvalue weighted by Gasteiger charge is 2.18. The zero-order chi connectivity index (χ0) is 13.9. The second-order valence-corrected chi connectivity index (χ2v) is 4.50. The predicted octanol–water partition coefficient (Wildman–Crippen LogP) is 1.16. The number of hydrazine groups is 1. The minimum absolute atomic E-state index is 0.188. The van der Waals surface area contributed by atoms with Crippen LogP contribution in [0.25, 0.3) is 5.69 Å². The zero-order valence-corrected chi connectivity index (χ0v) is 11.1. The van der Waals surface area contributed by atoms with Crippen LogP contribution in [-0.2, 0) is 7.05 Å². The summed E-state index contributed by atoms with van der Waals surface area (Å²) in [6, 6.07) is 13.6. The first kappa shape index (κ1) is 12.6. The second-order valence-electron chi connectivity index (χ2n) is 4.50. The third-order valence-electron chi connectivity index (χ3n) is 3.25. The van der Waals surface area contributed by atoms with Crippen LogP contribution in [0.4, 0.5) is 0 Å². The lowest BCUT2D eigenvalue weighted by Crippen LogP contribution is -2.30. The minimum Gasteiger partial charge on any atom is -0.271 e. The summed E-state index contributed by atoms with van der Waals surface area (Å²) in [6.45, 7) is 0. The van der Waals surface area contributed by atoms with Crippen LogP contribution in [0.5, 0.6) is 0 Å². The van der Waals surface area contributed by atoms with E-state index in [2.05, 4.69) is 15.6 Å². The number of aromatic nitrogens is 4. The van der Waals surface area contributed by atoms with Gasteiger partial charge in [0.15, 0.2) is 0 Å². The standard InChI is InChI=1S/C14H16N6/c1-19-13(7-9-16-19)14(17-15)12-8-10-20(18-12)11-5-3-2-4-6-11/h2-10,14,17H,15H2,1H3. The molecule has 6 nitrogen and oxygen atoms in total. The van der Waals surface area contributed by atoms with E-state index in [1.165, 1.54) is 0 Å². The molecule has 0 aliphatic carbocycles. The SMILES string of the molecule is Cn1nccc1C(NN)c1ccn(-c2ccccc2)n1. The molecule has 0 fully saturated rings. The summed E-state index contributed by atoms with van der Waals surface area (Å²) >= 11 is 0. The van der Waals surface area contributed by atoms with Crippen LogP contribution in [0.1, 0.15) is 17.4 Å². The van der Waals surface area contributed by atoms with Crippen molar-refractivity contribution in [3.8, 4) is 5.69 Å². The van der Waals surface area contributed by atoms with Gasteiger partial charge in [-0.25, -0.2) is 10.1 Å². The summed E-state index contributed by atoms with van der Waals surface area (Å²) in [4.78, 5) is 0. The van der Waals surface area contributed by atoms with E-state index in [4.69, 9.17) is 5.84 Å². The largest absolute Gasteiger partial charge is 0.271 e. The number of nitrogens with two attached hydrogens (primary N) is 1. The monoisotopic (exact) mass is 268 g/mol. The van der Waals surface area contributed by atoms with E-state index in [1.54, 1.807) is 10.9 Å². The fourth-order valence-electron chi connectivity index (χ4n) is 2.21. The lowest BCUT2D eigenvalue weighted by atomic mass is 10.1. The van der Waals surface area contributed by atoms with Crippen molar-refractivity contribution in [3.63, 3.8) is 0 Å². The van der Waals surface area contributed by atoms with Gasteiger partial charge in [-0.2, -0.15) is 10.2 Å². The molecule has 102 valence electrons. The van der Waals surface area contributed by atoms with Crippen LogP contribution < -0.4 is 11.3 Å². The number of benzene rings is 1. The van der Waals surface area contributed by atoms with Gasteiger partial charge in [0.2, 0.25) is 0 Å². The molecule has 1 aromatic carbocycles. The topological polar surface area (TPSA) is 73.7 Å². The molecule has 0 aliphatic heterocycles. The Hall–Kier alpha value is -2.44. The Morgan fingerprint density at radius 3 is 2.60 bits per heavy atom. The van der Waals surface area contributed by atoms with Crippen molar-refractivity contribution in [2.75, 3.05) is 0 Å². The van der Waals surface area contributed by atoms with Crippen LogP contribution >= 0.6 is 0 Å². The van der Waals surface area contributed by atoms with Gasteiger partial charge in [0, 0.05) is 19.4 Å². The maximum absolute atomic E-state index is 5.67. The maximum atomic E-state index is 5.67. The zero-order valence-electron chi connectivity index (χ0n) is 11.1. The first-order valence-electron chi connectivity index (χ1n) is 6.34. The summed E-state index contributed by atoms with van der Waals surface area (Å²) in [7, 11) is 1.88. The van der Waals surface area contributed by atoms with Gasteiger partial charge in [0.25, 0.3) is 0 Å². The van der Waals surface area contributed by atoms with E-state index in [0.29, 0.717) is 0 Å². The molecule has 1 unspecified atom stereocenters. The van der Waals surface area contributed by atoms with Crippen LogP contribution in [-0.4, -0.2) is 19.6 Å². The molecular formula is C14H16N6. The van der Waals surface area contributed by atoms with Crippen LogP contribution in [0.15, 0.2) is 54.9 Å². The molecule has 0 amide bonds. The third kappa shape index (κ3) is 2.22. The van der Waals surface area contributed by atoms with E-state index >= 15 is 0 Å². The second kappa shape index (κ2) is 5.28. The average Bonchev–Trinajstić information content (AvgIpc) is 3.12. The Kier molecular flexibility index (Phi) is 3.32. The number of nitrogens with one attached hydrogen (secondary N) is 1. The third-order valence-corrected chi connectivity index (χ3v) is 3.25. The van der Waals surface area contributed by atoms with Crippen LogP contribution in [0.3, 0.4) is 0 Å². The van der Waals surface area contributed by atoms with E-state index in [1.807, 2.05) is 60.4 Å². The lowest BCUT2D eigenvalue weighted by Gasteiger charge is -2.13. The van der Waals surface area contributed by atoms with E-state index in [0.717, 1.165) is 17.1 Å². The molecule has 2 heterocycles. The number of para-hydroxylation sites is 1. The fraction of sp³-hybridized carbons (Fsp3) is 0.143. The maximum Gasteiger partial charge on any atom is 0.107 e. The van der Waals surface area contributed by atoms with Gasteiger partial charge in [-0.15, -0.1) is 0 Å². The van der Waals surface area contributed by atoms with Crippen molar-refractivity contribution < 1.29 is 0 Å². The van der Waals surface area contributed by atoms with Gasteiger partial charge in [-0.1, -0.05) is 18.2 Å². The fourth-order valence-corrected chi connectivity index (χ4v) is 2.21. The number of nitrogens with zero attached hydrogens (tertiary/aromatic N) is 4. The Balaban J connectivity index is 1.95. The summed E-state index contributed by atoms with van der Waals surface area (Å²) in [5, 5.41) is 8.74. The van der Waals surface area contributed by atoms with Gasteiger partial charge in [-0.05, 0) is 24.3 Å². The first-order chi connectivity index (χ1) is 9.79. The Morgan fingerprint density at radius 1 is 1.15 bits per heavy atom. The highest BCUT2D eigenvalue weighted by Crippen LogP contribution is 2.19. The van der Waals surface area contributed by atoms with Gasteiger partial charge in [0.1, 0.15) is 6.04 Å². The molecule has 20 heavy (non-hydrogen) atoms. The highest BCUT2D eigenvalue weighted by atomic mass is 15.3. The highest BCUT2D eigenvalue weighted by molar-refractivity contribution is 5.31. The molecule has 6 heteroatoms. The number of hydrogen-bond acceptors (Lipinski definition) is 4. The molecule has 0 bridgehead atoms. The average molecular weight is 268 g/mol. The van der Waals surface area contributed by atoms with Crippen molar-refractivity contribution in [1.82, 2.24) is 25.0 Å². The molecule has 0 saturated heterocycles. The number of aryl methyl sites for hydroxylation is 1. The summed E-state index contributed by atoms with van der Waals surface area (Å²) < 4.78 is 3.61. The van der Waals surface area contributed by atoms with Crippen molar-refractivity contribution in [2.24, 2.45) is 12.9 Å². The van der Waals surface area contributed by atoms with E-state index in [-0.39, 0.29) is 6.04 Å². The molecule has 1 atom stereocenters. The van der Waals surface area contributed by atoms with Gasteiger partial charge in [-0.3, -0.25) is 10.5 Å². The summed E-state index contributed by atoms with van der Waals surface area (Å²) in [5.74, 6) is 5.67. The molecule has 3 N–H and O–H groups in total. The molecule has 0 spiro atoms. The number of rotatable bonds is 4. The molecule has 0 radical (unpaired) electrons. The molecule has 3 rings (SSSR count).